The number of carbonyl (C=O) groups excluding carboxylic acids is 1. The fourth-order valence-electron chi connectivity index (χ4n) is 8.27. The lowest BCUT2D eigenvalue weighted by atomic mass is 9.46. The Bertz CT molecular complexity index is 775. The number of likely N-dealkylation sites (tertiary alicyclic amines) is 1. The first-order valence-corrected chi connectivity index (χ1v) is 12.2. The molecule has 5 nitrogen and oxygen atoms in total. The van der Waals surface area contributed by atoms with E-state index in [-0.39, 0.29) is 11.3 Å². The largest absolute Gasteiger partial charge is 0.390 e. The summed E-state index contributed by atoms with van der Waals surface area (Å²) < 4.78 is 1.79. The molecule has 2 heterocycles. The van der Waals surface area contributed by atoms with Gasteiger partial charge in [0.25, 0.3) is 0 Å². The topological polar surface area (TPSA) is 58.4 Å². The Morgan fingerprint density at radius 1 is 1.10 bits per heavy atom. The van der Waals surface area contributed by atoms with Crippen LogP contribution in [0, 0.1) is 40.9 Å². The van der Waals surface area contributed by atoms with E-state index in [0.29, 0.717) is 24.2 Å². The maximum Gasteiger partial charge on any atom is 0.159 e. The molecule has 1 aromatic rings. The van der Waals surface area contributed by atoms with Gasteiger partial charge in [-0.3, -0.25) is 9.48 Å². The molecule has 5 heteroatoms. The molecule has 0 bridgehead atoms. The molecule has 3 unspecified atom stereocenters. The van der Waals surface area contributed by atoms with Gasteiger partial charge in [-0.15, -0.1) is 0 Å². The average Bonchev–Trinajstić information content (AvgIpc) is 3.19. The van der Waals surface area contributed by atoms with Gasteiger partial charge >= 0.3 is 0 Å². The van der Waals surface area contributed by atoms with Crippen LogP contribution in [0.4, 0.5) is 0 Å². The van der Waals surface area contributed by atoms with Crippen molar-refractivity contribution in [2.75, 3.05) is 20.1 Å². The Morgan fingerprint density at radius 2 is 1.90 bits per heavy atom. The highest BCUT2D eigenvalue weighted by atomic mass is 16.3. The van der Waals surface area contributed by atoms with Gasteiger partial charge in [-0.1, -0.05) is 6.92 Å². The van der Waals surface area contributed by atoms with Gasteiger partial charge in [0.2, 0.25) is 0 Å². The summed E-state index contributed by atoms with van der Waals surface area (Å²) in [4.78, 5) is 15.8. The zero-order valence-corrected chi connectivity index (χ0v) is 19.0. The van der Waals surface area contributed by atoms with Crippen molar-refractivity contribution >= 4 is 5.78 Å². The molecular weight excluding hydrogens is 374 g/mol. The third-order valence-corrected chi connectivity index (χ3v) is 9.74. The van der Waals surface area contributed by atoms with E-state index in [4.69, 9.17) is 0 Å². The van der Waals surface area contributed by atoms with Crippen LogP contribution in [0.3, 0.4) is 0 Å². The maximum atomic E-state index is 13.4. The highest BCUT2D eigenvalue weighted by molar-refractivity contribution is 5.82. The first kappa shape index (κ1) is 20.7. The lowest BCUT2D eigenvalue weighted by Crippen LogP contribution is -2.61. The van der Waals surface area contributed by atoms with Crippen molar-refractivity contribution in [2.45, 2.75) is 70.9 Å². The first-order chi connectivity index (χ1) is 14.3. The molecule has 1 aromatic heterocycles. The molecule has 0 amide bonds. The summed E-state index contributed by atoms with van der Waals surface area (Å²) in [6.45, 7) is 6.91. The Hall–Kier alpha value is -1.20. The van der Waals surface area contributed by atoms with E-state index in [1.54, 1.807) is 10.9 Å². The van der Waals surface area contributed by atoms with Gasteiger partial charge in [-0.2, -0.15) is 5.10 Å². The van der Waals surface area contributed by atoms with Crippen LogP contribution in [0.15, 0.2) is 18.5 Å². The van der Waals surface area contributed by atoms with Gasteiger partial charge in [-0.05, 0) is 100.0 Å². The van der Waals surface area contributed by atoms with Gasteiger partial charge in [0, 0.05) is 31.4 Å². The highest BCUT2D eigenvalue weighted by Crippen LogP contribution is 2.61. The van der Waals surface area contributed by atoms with E-state index in [2.05, 4.69) is 24.0 Å². The van der Waals surface area contributed by atoms with Crippen LogP contribution in [-0.4, -0.2) is 51.3 Å². The van der Waals surface area contributed by atoms with Crippen molar-refractivity contribution in [1.29, 1.82) is 0 Å². The number of aromatic nitrogens is 2. The summed E-state index contributed by atoms with van der Waals surface area (Å²) in [5.74, 6) is 4.12. The Morgan fingerprint density at radius 3 is 2.67 bits per heavy atom. The van der Waals surface area contributed by atoms with Crippen LogP contribution >= 0.6 is 0 Å². The third kappa shape index (κ3) is 3.46. The lowest BCUT2D eigenvalue weighted by Gasteiger charge is -2.61. The van der Waals surface area contributed by atoms with Crippen LogP contribution in [0.2, 0.25) is 0 Å². The van der Waals surface area contributed by atoms with Gasteiger partial charge in [0.1, 0.15) is 0 Å². The minimum absolute atomic E-state index is 0.108. The molecule has 1 N–H and O–H groups in total. The van der Waals surface area contributed by atoms with Crippen molar-refractivity contribution in [2.24, 2.45) is 40.9 Å². The third-order valence-electron chi connectivity index (χ3n) is 9.74. The molecule has 0 aromatic carbocycles. The summed E-state index contributed by atoms with van der Waals surface area (Å²) in [7, 11) is 2.21. The second-order valence-corrected chi connectivity index (χ2v) is 11.7. The summed E-state index contributed by atoms with van der Waals surface area (Å²) >= 11 is 0. The van der Waals surface area contributed by atoms with Crippen molar-refractivity contribution in [3.63, 3.8) is 0 Å². The molecule has 30 heavy (non-hydrogen) atoms. The number of piperidine rings is 1. The number of aliphatic hydroxyl groups is 1. The minimum Gasteiger partial charge on any atom is -0.390 e. The molecule has 0 radical (unpaired) electrons. The smallest absolute Gasteiger partial charge is 0.159 e. The van der Waals surface area contributed by atoms with E-state index >= 15 is 0 Å². The Balaban J connectivity index is 1.37. The molecule has 1 saturated heterocycles. The number of rotatable bonds is 3. The van der Waals surface area contributed by atoms with Gasteiger partial charge in [0.05, 0.1) is 12.1 Å². The normalized spacial score (nSPS) is 46.5. The minimum atomic E-state index is -0.452. The van der Waals surface area contributed by atoms with Crippen LogP contribution in [0.25, 0.3) is 0 Å². The standard InChI is InChI=1S/C25H39N3O2/c1-24(30)9-7-18-17(13-24)5-6-20-19(18)8-10-25(2)21(20)14-27(3)15-22(25)23(29)16-28-12-4-11-26-28/h4,11-12,17-22,30H,5-10,13-16H2,1-3H3/t17-,18+,19?,20?,21?,22-,24-,25+/m1/s1. The lowest BCUT2D eigenvalue weighted by molar-refractivity contribution is -0.155. The van der Waals surface area contributed by atoms with E-state index in [9.17, 15) is 9.90 Å². The first-order valence-electron chi connectivity index (χ1n) is 12.2. The molecule has 166 valence electrons. The van der Waals surface area contributed by atoms with Crippen molar-refractivity contribution in [3.05, 3.63) is 18.5 Å². The van der Waals surface area contributed by atoms with Crippen molar-refractivity contribution in [3.8, 4) is 0 Å². The zero-order chi connectivity index (χ0) is 21.1. The maximum absolute atomic E-state index is 13.4. The number of ketones is 1. The second-order valence-electron chi connectivity index (χ2n) is 11.7. The fraction of sp³-hybridized carbons (Fsp3) is 0.840. The van der Waals surface area contributed by atoms with E-state index < -0.39 is 5.60 Å². The van der Waals surface area contributed by atoms with E-state index in [0.717, 1.165) is 43.7 Å². The van der Waals surface area contributed by atoms with Gasteiger partial charge in [-0.25, -0.2) is 0 Å². The second kappa shape index (κ2) is 7.44. The Labute approximate surface area is 181 Å². The monoisotopic (exact) mass is 413 g/mol. The van der Waals surface area contributed by atoms with Gasteiger partial charge < -0.3 is 10.0 Å². The van der Waals surface area contributed by atoms with E-state index in [1.807, 2.05) is 19.2 Å². The quantitative estimate of drug-likeness (QED) is 0.822. The number of hydrogen-bond acceptors (Lipinski definition) is 4. The number of nitrogens with zero attached hydrogens (tertiary/aromatic N) is 3. The highest BCUT2D eigenvalue weighted by Gasteiger charge is 2.58. The molecule has 8 atom stereocenters. The molecular formula is C25H39N3O2. The van der Waals surface area contributed by atoms with Crippen LogP contribution in [0.1, 0.15) is 58.8 Å². The number of carbonyl (C=O) groups is 1. The van der Waals surface area contributed by atoms with Crippen LogP contribution < -0.4 is 0 Å². The molecule has 5 rings (SSSR count). The number of hydrogen-bond donors (Lipinski definition) is 1. The fourth-order valence-corrected chi connectivity index (χ4v) is 8.27. The summed E-state index contributed by atoms with van der Waals surface area (Å²) in [5, 5.41) is 14.9. The molecule has 0 spiro atoms. The predicted octanol–water partition coefficient (Wildman–Crippen LogP) is 3.62. The molecule has 4 fully saturated rings. The molecule has 1 aliphatic heterocycles. The molecule has 4 aliphatic rings. The van der Waals surface area contributed by atoms with Gasteiger partial charge in [0.15, 0.2) is 5.78 Å². The number of fused-ring (bicyclic) bond motifs is 5. The molecule has 3 saturated carbocycles. The van der Waals surface area contributed by atoms with E-state index in [1.165, 1.54) is 32.1 Å². The van der Waals surface area contributed by atoms with Crippen molar-refractivity contribution in [1.82, 2.24) is 14.7 Å². The van der Waals surface area contributed by atoms with Crippen LogP contribution in [0.5, 0.6) is 0 Å². The van der Waals surface area contributed by atoms with Crippen molar-refractivity contribution < 1.29 is 9.90 Å². The Kier molecular flexibility index (Phi) is 5.13. The van der Waals surface area contributed by atoms with Crippen LogP contribution in [-0.2, 0) is 11.3 Å². The summed E-state index contributed by atoms with van der Waals surface area (Å²) in [6, 6.07) is 1.90. The zero-order valence-electron chi connectivity index (χ0n) is 19.0. The average molecular weight is 414 g/mol. The number of Topliss-reactive ketones (excluding diaryl/α,β-unsaturated/α-hetero) is 1. The SMILES string of the molecule is CN1CC2C3CC[C@@H]4C[C@](C)(O)CC[C@@H]4C3CC[C@]2(C)[C@@H](C(=O)Cn2cccn2)C1. The molecule has 3 aliphatic carbocycles. The summed E-state index contributed by atoms with van der Waals surface area (Å²) in [6.07, 6.45) is 11.8. The summed E-state index contributed by atoms with van der Waals surface area (Å²) in [5.41, 5.74) is -0.336. The predicted molar refractivity (Wildman–Crippen MR) is 117 cm³/mol.